The number of methoxy groups -OCH3 is 1. The van der Waals surface area contributed by atoms with E-state index in [1.807, 2.05) is 20.8 Å². The van der Waals surface area contributed by atoms with Gasteiger partial charge in [0.15, 0.2) is 0 Å². The molecule has 1 rings (SSSR count). The number of carbonyl (C=O) groups excluding carboxylic acids is 1. The van der Waals surface area contributed by atoms with Gasteiger partial charge >= 0.3 is 6.09 Å². The summed E-state index contributed by atoms with van der Waals surface area (Å²) in [5, 5.41) is 0. The van der Waals surface area contributed by atoms with Gasteiger partial charge in [-0.1, -0.05) is 29.5 Å². The molecule has 1 aliphatic heterocycles. The molecule has 5 nitrogen and oxygen atoms in total. The van der Waals surface area contributed by atoms with Gasteiger partial charge in [0, 0.05) is 18.1 Å². The topological polar surface area (TPSA) is 48.0 Å². The SMILES string of the molecule is CCC(C)(COC1(CI)CCCN(C(=O)OC(C)(C)C)C1)OC. The first-order valence-corrected chi connectivity index (χ1v) is 9.84. The molecule has 0 aromatic rings. The van der Waals surface area contributed by atoms with Crippen molar-refractivity contribution in [3.8, 4) is 0 Å². The van der Waals surface area contributed by atoms with E-state index in [4.69, 9.17) is 14.2 Å². The van der Waals surface area contributed by atoms with Gasteiger partial charge in [-0.15, -0.1) is 0 Å². The molecular formula is C17H32INO4. The maximum atomic E-state index is 12.4. The highest BCUT2D eigenvalue weighted by Crippen LogP contribution is 2.30. The zero-order valence-corrected chi connectivity index (χ0v) is 17.6. The average Bonchev–Trinajstić information content (AvgIpc) is 2.51. The van der Waals surface area contributed by atoms with Gasteiger partial charge in [-0.2, -0.15) is 0 Å². The Bertz CT molecular complexity index is 393. The van der Waals surface area contributed by atoms with E-state index in [-0.39, 0.29) is 17.3 Å². The molecule has 1 fully saturated rings. The van der Waals surface area contributed by atoms with Gasteiger partial charge in [0.1, 0.15) is 5.60 Å². The van der Waals surface area contributed by atoms with E-state index in [9.17, 15) is 4.79 Å². The van der Waals surface area contributed by atoms with E-state index in [0.717, 1.165) is 30.2 Å². The van der Waals surface area contributed by atoms with Crippen LogP contribution in [-0.2, 0) is 14.2 Å². The molecule has 0 saturated carbocycles. The molecule has 1 heterocycles. The monoisotopic (exact) mass is 441 g/mol. The molecule has 2 unspecified atom stereocenters. The number of rotatable bonds is 6. The van der Waals surface area contributed by atoms with E-state index < -0.39 is 5.60 Å². The summed E-state index contributed by atoms with van der Waals surface area (Å²) in [6, 6.07) is 0. The van der Waals surface area contributed by atoms with Crippen LogP contribution in [0.2, 0.25) is 0 Å². The summed E-state index contributed by atoms with van der Waals surface area (Å²) in [6.45, 7) is 11.7. The van der Waals surface area contributed by atoms with Crippen LogP contribution in [0.25, 0.3) is 0 Å². The molecule has 1 amide bonds. The van der Waals surface area contributed by atoms with Crippen molar-refractivity contribution in [2.75, 3.05) is 31.2 Å². The van der Waals surface area contributed by atoms with Crippen LogP contribution >= 0.6 is 22.6 Å². The second kappa shape index (κ2) is 8.34. The zero-order valence-electron chi connectivity index (χ0n) is 15.4. The van der Waals surface area contributed by atoms with Crippen molar-refractivity contribution in [3.05, 3.63) is 0 Å². The van der Waals surface area contributed by atoms with Crippen LogP contribution in [0.4, 0.5) is 4.79 Å². The standard InChI is InChI=1S/C17H32INO4/c1-7-16(5,21-6)13-22-17(11-18)9-8-10-19(12-17)14(20)23-15(2,3)4/h7-13H2,1-6H3. The van der Waals surface area contributed by atoms with Gasteiger partial charge in [-0.05, 0) is 47.0 Å². The van der Waals surface area contributed by atoms with Gasteiger partial charge in [0.25, 0.3) is 0 Å². The molecular weight excluding hydrogens is 409 g/mol. The van der Waals surface area contributed by atoms with Gasteiger partial charge in [0.05, 0.1) is 24.4 Å². The normalized spacial score (nSPS) is 25.1. The average molecular weight is 441 g/mol. The molecule has 1 aliphatic rings. The molecule has 0 spiro atoms. The largest absolute Gasteiger partial charge is 0.444 e. The Morgan fingerprint density at radius 2 is 1.96 bits per heavy atom. The number of halogens is 1. The van der Waals surface area contributed by atoms with Crippen LogP contribution in [0, 0.1) is 0 Å². The van der Waals surface area contributed by atoms with Crippen LogP contribution in [0.5, 0.6) is 0 Å². The third-order valence-corrected chi connectivity index (χ3v) is 5.75. The first kappa shape index (κ1) is 21.0. The fourth-order valence-corrected chi connectivity index (χ4v) is 3.30. The Kier molecular flexibility index (Phi) is 7.60. The van der Waals surface area contributed by atoms with Gasteiger partial charge in [-0.3, -0.25) is 0 Å². The molecule has 0 N–H and O–H groups in total. The fourth-order valence-electron chi connectivity index (χ4n) is 2.46. The van der Waals surface area contributed by atoms with Crippen molar-refractivity contribution in [2.45, 2.75) is 70.7 Å². The first-order chi connectivity index (χ1) is 10.6. The van der Waals surface area contributed by atoms with Crippen LogP contribution in [-0.4, -0.2) is 59.0 Å². The highest BCUT2D eigenvalue weighted by Gasteiger charge is 2.40. The second-order valence-corrected chi connectivity index (χ2v) is 8.38. The van der Waals surface area contributed by atoms with Crippen molar-refractivity contribution in [1.82, 2.24) is 4.90 Å². The highest BCUT2D eigenvalue weighted by molar-refractivity contribution is 14.1. The number of hydrogen-bond donors (Lipinski definition) is 0. The van der Waals surface area contributed by atoms with Crippen LogP contribution in [0.15, 0.2) is 0 Å². The minimum absolute atomic E-state index is 0.250. The Hall–Kier alpha value is -0.0800. The number of ether oxygens (including phenoxy) is 3. The Morgan fingerprint density at radius 3 is 2.43 bits per heavy atom. The molecule has 2 atom stereocenters. The lowest BCUT2D eigenvalue weighted by Gasteiger charge is -2.43. The highest BCUT2D eigenvalue weighted by atomic mass is 127. The third kappa shape index (κ3) is 6.38. The maximum absolute atomic E-state index is 12.4. The second-order valence-electron chi connectivity index (χ2n) is 7.62. The lowest BCUT2D eigenvalue weighted by atomic mass is 9.94. The number of likely N-dealkylation sites (tertiary alicyclic amines) is 1. The Balaban J connectivity index is 2.73. The number of piperidine rings is 1. The summed E-state index contributed by atoms with van der Waals surface area (Å²) in [5.41, 5.74) is -1.07. The van der Waals surface area contributed by atoms with Crippen molar-refractivity contribution < 1.29 is 19.0 Å². The Labute approximate surface area is 154 Å². The molecule has 6 heteroatoms. The number of alkyl halides is 1. The first-order valence-electron chi connectivity index (χ1n) is 8.32. The number of carbonyl (C=O) groups is 1. The van der Waals surface area contributed by atoms with Crippen molar-refractivity contribution >= 4 is 28.7 Å². The zero-order chi connectivity index (χ0) is 17.7. The van der Waals surface area contributed by atoms with Gasteiger partial charge in [0.2, 0.25) is 0 Å². The smallest absolute Gasteiger partial charge is 0.410 e. The molecule has 0 aromatic carbocycles. The third-order valence-electron chi connectivity index (χ3n) is 4.36. The summed E-state index contributed by atoms with van der Waals surface area (Å²) in [7, 11) is 1.72. The molecule has 0 aromatic heterocycles. The van der Waals surface area contributed by atoms with E-state index >= 15 is 0 Å². The molecule has 0 aliphatic carbocycles. The van der Waals surface area contributed by atoms with Crippen molar-refractivity contribution in [2.24, 2.45) is 0 Å². The minimum atomic E-state index is -0.473. The molecule has 23 heavy (non-hydrogen) atoms. The van der Waals surface area contributed by atoms with E-state index in [0.29, 0.717) is 13.2 Å². The predicted molar refractivity (Wildman–Crippen MR) is 100 cm³/mol. The van der Waals surface area contributed by atoms with Crippen molar-refractivity contribution in [1.29, 1.82) is 0 Å². The predicted octanol–water partition coefficient (Wildman–Crippen LogP) is 4.02. The lowest BCUT2D eigenvalue weighted by molar-refractivity contribution is -0.136. The fraction of sp³-hybridized carbons (Fsp3) is 0.941. The summed E-state index contributed by atoms with van der Waals surface area (Å²) >= 11 is 2.35. The summed E-state index contributed by atoms with van der Waals surface area (Å²) in [5.74, 6) is 0. The van der Waals surface area contributed by atoms with Crippen LogP contribution in [0.1, 0.15) is 53.9 Å². The Morgan fingerprint density at radius 1 is 1.30 bits per heavy atom. The minimum Gasteiger partial charge on any atom is -0.444 e. The number of amides is 1. The summed E-state index contributed by atoms with van der Waals surface area (Å²) in [4.78, 5) is 14.1. The number of hydrogen-bond acceptors (Lipinski definition) is 4. The van der Waals surface area contributed by atoms with E-state index in [1.165, 1.54) is 0 Å². The van der Waals surface area contributed by atoms with E-state index in [1.54, 1.807) is 12.0 Å². The van der Waals surface area contributed by atoms with Crippen molar-refractivity contribution in [3.63, 3.8) is 0 Å². The molecule has 1 saturated heterocycles. The molecule has 0 radical (unpaired) electrons. The summed E-state index contributed by atoms with van der Waals surface area (Å²) < 4.78 is 18.2. The number of nitrogens with zero attached hydrogens (tertiary/aromatic N) is 1. The molecule has 0 bridgehead atoms. The van der Waals surface area contributed by atoms with Crippen LogP contribution in [0.3, 0.4) is 0 Å². The van der Waals surface area contributed by atoms with E-state index in [2.05, 4.69) is 36.4 Å². The van der Waals surface area contributed by atoms with Gasteiger partial charge < -0.3 is 19.1 Å². The van der Waals surface area contributed by atoms with Crippen LogP contribution < -0.4 is 0 Å². The summed E-state index contributed by atoms with van der Waals surface area (Å²) in [6.07, 6.45) is 2.52. The molecule has 136 valence electrons. The quantitative estimate of drug-likeness (QED) is 0.462. The van der Waals surface area contributed by atoms with Gasteiger partial charge in [-0.25, -0.2) is 4.79 Å². The lowest BCUT2D eigenvalue weighted by Crippen LogP contribution is -2.55. The maximum Gasteiger partial charge on any atom is 0.410 e.